The van der Waals surface area contributed by atoms with E-state index in [0.29, 0.717) is 24.5 Å². The van der Waals surface area contributed by atoms with Gasteiger partial charge in [-0.3, -0.25) is 4.79 Å². The minimum absolute atomic E-state index is 0.00787. The standard InChI is InChI=1S/C26H27FN2O6/c1-16(9-18-5-4-6-21(27)10-18)34-22-11-20(12-23(13-22)35-17(2)15-33-3)25(30)29-24-8-7-19(14-28-24)26(31)32/h4-8,10-14,16-17H,9,15H2,1-3H3,(H,31,32)(H,28,29,30)/t16-,17-/m0/s1. The Hall–Kier alpha value is -3.98. The Balaban J connectivity index is 1.80. The highest BCUT2D eigenvalue weighted by atomic mass is 19.1. The zero-order chi connectivity index (χ0) is 25.4. The number of aromatic nitrogens is 1. The average Bonchev–Trinajstić information content (AvgIpc) is 2.79. The van der Waals surface area contributed by atoms with Crippen LogP contribution in [0.5, 0.6) is 11.5 Å². The molecule has 8 nitrogen and oxygen atoms in total. The molecule has 184 valence electrons. The number of hydrogen-bond acceptors (Lipinski definition) is 6. The van der Waals surface area contributed by atoms with Crippen LogP contribution in [0.25, 0.3) is 0 Å². The minimum Gasteiger partial charge on any atom is -0.490 e. The molecule has 0 unspecified atom stereocenters. The summed E-state index contributed by atoms with van der Waals surface area (Å²) in [5, 5.41) is 11.6. The van der Waals surface area contributed by atoms with E-state index in [-0.39, 0.29) is 35.0 Å². The van der Waals surface area contributed by atoms with Crippen molar-refractivity contribution in [1.82, 2.24) is 4.98 Å². The molecule has 0 radical (unpaired) electrons. The SMILES string of the molecule is COC[C@H](C)Oc1cc(O[C@@H](C)Cc2cccc(F)c2)cc(C(=O)Nc2ccc(C(=O)O)cn2)c1. The number of aromatic carboxylic acids is 1. The number of carbonyl (C=O) groups excluding carboxylic acids is 1. The number of methoxy groups -OCH3 is 1. The van der Waals surface area contributed by atoms with Crippen molar-refractivity contribution in [2.24, 2.45) is 0 Å². The molecule has 0 fully saturated rings. The summed E-state index contributed by atoms with van der Waals surface area (Å²) in [6.45, 7) is 4.03. The fraction of sp³-hybridized carbons (Fsp3) is 0.269. The number of benzene rings is 2. The summed E-state index contributed by atoms with van der Waals surface area (Å²) in [7, 11) is 1.56. The quantitative estimate of drug-likeness (QED) is 0.411. The van der Waals surface area contributed by atoms with E-state index in [2.05, 4.69) is 10.3 Å². The largest absolute Gasteiger partial charge is 0.490 e. The van der Waals surface area contributed by atoms with E-state index in [1.54, 1.807) is 31.4 Å². The van der Waals surface area contributed by atoms with Crippen molar-refractivity contribution in [2.45, 2.75) is 32.5 Å². The van der Waals surface area contributed by atoms with Crippen molar-refractivity contribution in [3.05, 3.63) is 83.3 Å². The van der Waals surface area contributed by atoms with Gasteiger partial charge in [0.15, 0.2) is 0 Å². The van der Waals surface area contributed by atoms with Crippen LogP contribution in [-0.2, 0) is 11.2 Å². The van der Waals surface area contributed by atoms with E-state index < -0.39 is 11.9 Å². The molecule has 0 aliphatic carbocycles. The van der Waals surface area contributed by atoms with Crippen molar-refractivity contribution in [1.29, 1.82) is 0 Å². The molecule has 3 aromatic rings. The van der Waals surface area contributed by atoms with Crippen LogP contribution in [-0.4, -0.2) is 47.9 Å². The number of carboxylic acid groups (broad SMARTS) is 1. The van der Waals surface area contributed by atoms with E-state index in [1.165, 1.54) is 24.3 Å². The highest BCUT2D eigenvalue weighted by molar-refractivity contribution is 6.04. The fourth-order valence-electron chi connectivity index (χ4n) is 3.39. The summed E-state index contributed by atoms with van der Waals surface area (Å²) in [5.74, 6) is -0.908. The van der Waals surface area contributed by atoms with Crippen molar-refractivity contribution >= 4 is 17.7 Å². The zero-order valence-corrected chi connectivity index (χ0v) is 19.7. The van der Waals surface area contributed by atoms with Crippen LogP contribution in [0.4, 0.5) is 10.2 Å². The third kappa shape index (κ3) is 7.79. The van der Waals surface area contributed by atoms with E-state index in [1.807, 2.05) is 19.9 Å². The van der Waals surface area contributed by atoms with Crippen LogP contribution in [0.2, 0.25) is 0 Å². The maximum absolute atomic E-state index is 13.5. The van der Waals surface area contributed by atoms with Gasteiger partial charge < -0.3 is 24.6 Å². The number of pyridine rings is 1. The first-order chi connectivity index (χ1) is 16.7. The summed E-state index contributed by atoms with van der Waals surface area (Å²) in [4.78, 5) is 27.9. The Morgan fingerprint density at radius 1 is 1.00 bits per heavy atom. The number of amides is 1. The topological polar surface area (TPSA) is 107 Å². The van der Waals surface area contributed by atoms with Crippen molar-refractivity contribution in [3.8, 4) is 11.5 Å². The van der Waals surface area contributed by atoms with Crippen molar-refractivity contribution in [2.75, 3.05) is 19.0 Å². The number of nitrogens with zero attached hydrogens (tertiary/aromatic N) is 1. The van der Waals surface area contributed by atoms with Crippen LogP contribution in [0.1, 0.15) is 40.1 Å². The second-order valence-corrected chi connectivity index (χ2v) is 8.03. The Bertz CT molecular complexity index is 1170. The van der Waals surface area contributed by atoms with Crippen molar-refractivity contribution in [3.63, 3.8) is 0 Å². The molecule has 0 bridgehead atoms. The summed E-state index contributed by atoms with van der Waals surface area (Å²) in [6.07, 6.45) is 1.03. The molecule has 0 aliphatic rings. The first-order valence-electron chi connectivity index (χ1n) is 11.0. The lowest BCUT2D eigenvalue weighted by atomic mass is 10.1. The zero-order valence-electron chi connectivity index (χ0n) is 19.7. The second kappa shape index (κ2) is 11.9. The molecule has 1 heterocycles. The molecular weight excluding hydrogens is 455 g/mol. The Labute approximate surface area is 202 Å². The number of ether oxygens (including phenoxy) is 3. The number of nitrogens with one attached hydrogen (secondary N) is 1. The molecule has 35 heavy (non-hydrogen) atoms. The molecule has 0 spiro atoms. The molecule has 1 amide bonds. The number of halogens is 1. The molecule has 2 N–H and O–H groups in total. The van der Waals surface area contributed by atoms with Gasteiger partial charge in [-0.2, -0.15) is 0 Å². The van der Waals surface area contributed by atoms with Gasteiger partial charge >= 0.3 is 5.97 Å². The number of carboxylic acids is 1. The van der Waals surface area contributed by atoms with Gasteiger partial charge in [0.05, 0.1) is 18.3 Å². The van der Waals surface area contributed by atoms with Gasteiger partial charge in [-0.15, -0.1) is 0 Å². The summed E-state index contributed by atoms with van der Waals surface area (Å²) in [6, 6.07) is 13.8. The van der Waals surface area contributed by atoms with Gasteiger partial charge in [0.1, 0.15) is 29.2 Å². The van der Waals surface area contributed by atoms with E-state index >= 15 is 0 Å². The molecule has 9 heteroatoms. The molecule has 2 atom stereocenters. The summed E-state index contributed by atoms with van der Waals surface area (Å²) < 4.78 is 30.5. The Morgan fingerprint density at radius 2 is 1.71 bits per heavy atom. The van der Waals surface area contributed by atoms with E-state index in [0.717, 1.165) is 11.8 Å². The first-order valence-corrected chi connectivity index (χ1v) is 11.0. The smallest absolute Gasteiger partial charge is 0.337 e. The number of anilines is 1. The monoisotopic (exact) mass is 482 g/mol. The molecule has 3 rings (SSSR count). The maximum atomic E-state index is 13.5. The normalized spacial score (nSPS) is 12.5. The van der Waals surface area contributed by atoms with E-state index in [4.69, 9.17) is 19.3 Å². The summed E-state index contributed by atoms with van der Waals surface area (Å²) >= 11 is 0. The van der Waals surface area contributed by atoms with Crippen LogP contribution in [0, 0.1) is 5.82 Å². The highest BCUT2D eigenvalue weighted by Crippen LogP contribution is 2.26. The van der Waals surface area contributed by atoms with Crippen LogP contribution in [0.3, 0.4) is 0 Å². The predicted octanol–water partition coefficient (Wildman–Crippen LogP) is 4.59. The maximum Gasteiger partial charge on any atom is 0.337 e. The van der Waals surface area contributed by atoms with Gasteiger partial charge in [0.2, 0.25) is 0 Å². The molecule has 0 saturated heterocycles. The number of hydrogen-bond donors (Lipinski definition) is 2. The lowest BCUT2D eigenvalue weighted by molar-refractivity contribution is 0.0696. The third-order valence-electron chi connectivity index (χ3n) is 4.88. The van der Waals surface area contributed by atoms with Gasteiger partial charge in [0, 0.05) is 31.4 Å². The Morgan fingerprint density at radius 3 is 2.31 bits per heavy atom. The van der Waals surface area contributed by atoms with Crippen LogP contribution in [0.15, 0.2) is 60.8 Å². The molecule has 0 aliphatic heterocycles. The van der Waals surface area contributed by atoms with Crippen molar-refractivity contribution < 1.29 is 33.3 Å². The minimum atomic E-state index is -1.11. The number of carbonyl (C=O) groups is 2. The lowest BCUT2D eigenvalue weighted by Crippen LogP contribution is -2.20. The fourth-order valence-corrected chi connectivity index (χ4v) is 3.39. The van der Waals surface area contributed by atoms with Crippen LogP contribution >= 0.6 is 0 Å². The second-order valence-electron chi connectivity index (χ2n) is 8.03. The molecule has 0 saturated carbocycles. The first kappa shape index (κ1) is 25.6. The summed E-state index contributed by atoms with van der Waals surface area (Å²) in [5.41, 5.74) is 1.05. The molecule has 1 aromatic heterocycles. The van der Waals surface area contributed by atoms with Gasteiger partial charge in [-0.1, -0.05) is 12.1 Å². The molecule has 2 aromatic carbocycles. The predicted molar refractivity (Wildman–Crippen MR) is 128 cm³/mol. The van der Waals surface area contributed by atoms with Gasteiger partial charge in [0.25, 0.3) is 5.91 Å². The van der Waals surface area contributed by atoms with E-state index in [9.17, 15) is 14.0 Å². The molecular formula is C26H27FN2O6. The average molecular weight is 483 g/mol. The Kier molecular flexibility index (Phi) is 8.74. The highest BCUT2D eigenvalue weighted by Gasteiger charge is 2.15. The van der Waals surface area contributed by atoms with Gasteiger partial charge in [-0.25, -0.2) is 14.2 Å². The van der Waals surface area contributed by atoms with Gasteiger partial charge in [-0.05, 0) is 55.8 Å². The third-order valence-corrected chi connectivity index (χ3v) is 4.88. The number of rotatable bonds is 11. The lowest BCUT2D eigenvalue weighted by Gasteiger charge is -2.19. The van der Waals surface area contributed by atoms with Crippen LogP contribution < -0.4 is 14.8 Å².